The number of nitrogens with one attached hydrogen (secondary N) is 1. The monoisotopic (exact) mass is 268 g/mol. The maximum absolute atomic E-state index is 13.7. The molecule has 2 rings (SSSR count). The van der Waals surface area contributed by atoms with Gasteiger partial charge in [-0.05, 0) is 30.8 Å². The van der Waals surface area contributed by atoms with Crippen LogP contribution in [0.1, 0.15) is 25.8 Å². The van der Waals surface area contributed by atoms with Crippen molar-refractivity contribution in [1.82, 2.24) is 9.55 Å². The molecule has 0 spiro atoms. The summed E-state index contributed by atoms with van der Waals surface area (Å²) in [5.74, 6) is -0.273. The van der Waals surface area contributed by atoms with Gasteiger partial charge in [-0.25, -0.2) is 4.39 Å². The molecule has 1 aromatic heterocycles. The minimum Gasteiger partial charge on any atom is -0.383 e. The number of halogens is 1. The van der Waals surface area contributed by atoms with Gasteiger partial charge in [0, 0.05) is 7.11 Å². The van der Waals surface area contributed by atoms with Crippen molar-refractivity contribution in [3.8, 4) is 0 Å². The number of methoxy groups -OCH3 is 1. The van der Waals surface area contributed by atoms with E-state index >= 15 is 0 Å². The molecule has 1 atom stereocenters. The maximum atomic E-state index is 13.7. The van der Waals surface area contributed by atoms with Gasteiger partial charge in [0.05, 0.1) is 18.2 Å². The van der Waals surface area contributed by atoms with Crippen LogP contribution in [-0.4, -0.2) is 23.3 Å². The molecule has 0 saturated carbocycles. The zero-order valence-corrected chi connectivity index (χ0v) is 11.4. The molecule has 1 N–H and O–H groups in total. The van der Waals surface area contributed by atoms with Crippen LogP contribution in [0.25, 0.3) is 11.0 Å². The summed E-state index contributed by atoms with van der Waals surface area (Å²) in [5.41, 5.74) is 1.27. The van der Waals surface area contributed by atoms with Crippen molar-refractivity contribution in [2.24, 2.45) is 0 Å². The van der Waals surface area contributed by atoms with Gasteiger partial charge in [0.25, 0.3) is 0 Å². The lowest BCUT2D eigenvalue weighted by molar-refractivity contribution is 0.151. The highest BCUT2D eigenvalue weighted by atomic mass is 32.1. The molecular formula is C13H17FN2OS. The number of ether oxygens (including phenoxy) is 1. The number of H-pyrrole nitrogens is 1. The molecule has 3 nitrogen and oxygen atoms in total. The van der Waals surface area contributed by atoms with E-state index in [4.69, 9.17) is 17.0 Å². The molecule has 98 valence electrons. The summed E-state index contributed by atoms with van der Waals surface area (Å²) in [6.07, 6.45) is 1.98. The topological polar surface area (TPSA) is 29.9 Å². The quantitative estimate of drug-likeness (QED) is 0.835. The number of imidazole rings is 1. The third kappa shape index (κ3) is 2.33. The van der Waals surface area contributed by atoms with E-state index in [9.17, 15) is 4.39 Å². The molecule has 2 aromatic rings. The Morgan fingerprint density at radius 2 is 2.28 bits per heavy atom. The molecule has 0 bridgehead atoms. The highest BCUT2D eigenvalue weighted by Crippen LogP contribution is 2.24. The summed E-state index contributed by atoms with van der Waals surface area (Å²) in [7, 11) is 1.67. The van der Waals surface area contributed by atoms with E-state index in [-0.39, 0.29) is 11.9 Å². The zero-order valence-electron chi connectivity index (χ0n) is 10.6. The predicted molar refractivity (Wildman–Crippen MR) is 72.9 cm³/mol. The Bertz CT molecular complexity index is 584. The molecule has 18 heavy (non-hydrogen) atoms. The SMILES string of the molecule is CCCC(COC)n1c(=S)[nH]c2c(F)cccc21. The van der Waals surface area contributed by atoms with Gasteiger partial charge in [-0.1, -0.05) is 19.4 Å². The molecule has 1 unspecified atom stereocenters. The van der Waals surface area contributed by atoms with Crippen LogP contribution in [0.4, 0.5) is 4.39 Å². The maximum Gasteiger partial charge on any atom is 0.178 e. The number of aromatic amines is 1. The van der Waals surface area contributed by atoms with Crippen LogP contribution in [-0.2, 0) is 4.74 Å². The summed E-state index contributed by atoms with van der Waals surface area (Å²) < 4.78 is 21.4. The Morgan fingerprint density at radius 3 is 2.94 bits per heavy atom. The summed E-state index contributed by atoms with van der Waals surface area (Å²) in [4.78, 5) is 2.94. The minimum absolute atomic E-state index is 0.142. The van der Waals surface area contributed by atoms with Crippen molar-refractivity contribution >= 4 is 23.3 Å². The number of para-hydroxylation sites is 1. The van der Waals surface area contributed by atoms with Crippen molar-refractivity contribution in [2.45, 2.75) is 25.8 Å². The lowest BCUT2D eigenvalue weighted by Crippen LogP contribution is -2.14. The van der Waals surface area contributed by atoms with E-state index in [1.165, 1.54) is 6.07 Å². The van der Waals surface area contributed by atoms with E-state index in [0.29, 0.717) is 16.9 Å². The second-order valence-electron chi connectivity index (χ2n) is 4.33. The lowest BCUT2D eigenvalue weighted by atomic mass is 10.1. The normalized spacial score (nSPS) is 13.1. The van der Waals surface area contributed by atoms with Crippen LogP contribution in [0.2, 0.25) is 0 Å². The number of aromatic nitrogens is 2. The number of rotatable bonds is 5. The van der Waals surface area contributed by atoms with Gasteiger partial charge >= 0.3 is 0 Å². The molecule has 0 fully saturated rings. The third-order valence-corrected chi connectivity index (χ3v) is 3.35. The van der Waals surface area contributed by atoms with Gasteiger partial charge in [-0.15, -0.1) is 0 Å². The van der Waals surface area contributed by atoms with E-state index in [1.54, 1.807) is 13.2 Å². The fourth-order valence-corrected chi connectivity index (χ4v) is 2.64. The molecule has 0 amide bonds. The van der Waals surface area contributed by atoms with Crippen molar-refractivity contribution in [3.05, 3.63) is 28.8 Å². The molecule has 0 radical (unpaired) electrons. The van der Waals surface area contributed by atoms with E-state index in [1.807, 2.05) is 10.6 Å². The van der Waals surface area contributed by atoms with Gasteiger partial charge in [-0.3, -0.25) is 0 Å². The molecule has 0 aliphatic carbocycles. The van der Waals surface area contributed by atoms with Crippen molar-refractivity contribution in [1.29, 1.82) is 0 Å². The molecule has 0 aliphatic rings. The second kappa shape index (κ2) is 5.63. The van der Waals surface area contributed by atoms with Crippen molar-refractivity contribution < 1.29 is 9.13 Å². The van der Waals surface area contributed by atoms with E-state index in [0.717, 1.165) is 18.4 Å². The number of benzene rings is 1. The first-order chi connectivity index (χ1) is 8.69. The first-order valence-electron chi connectivity index (χ1n) is 6.06. The second-order valence-corrected chi connectivity index (χ2v) is 4.72. The Kier molecular flexibility index (Phi) is 4.14. The zero-order chi connectivity index (χ0) is 13.1. The molecule has 0 saturated heterocycles. The minimum atomic E-state index is -0.273. The smallest absolute Gasteiger partial charge is 0.178 e. The standard InChI is InChI=1S/C13H17FN2OS/c1-3-5-9(8-17-2)16-11-7-4-6-10(14)12(11)15-13(16)18/h4,6-7,9H,3,5,8H2,1-2H3,(H,15,18). The van der Waals surface area contributed by atoms with Gasteiger partial charge in [0.2, 0.25) is 0 Å². The number of hydrogen-bond acceptors (Lipinski definition) is 2. The Morgan fingerprint density at radius 1 is 1.50 bits per heavy atom. The largest absolute Gasteiger partial charge is 0.383 e. The summed E-state index contributed by atoms with van der Waals surface area (Å²) >= 11 is 5.30. The van der Waals surface area contributed by atoms with Gasteiger partial charge < -0.3 is 14.3 Å². The van der Waals surface area contributed by atoms with E-state index < -0.39 is 0 Å². The van der Waals surface area contributed by atoms with Crippen LogP contribution >= 0.6 is 12.2 Å². The Labute approximate surface area is 111 Å². The predicted octanol–water partition coefficient (Wildman–Crippen LogP) is 3.83. The van der Waals surface area contributed by atoms with E-state index in [2.05, 4.69) is 11.9 Å². The third-order valence-electron chi connectivity index (χ3n) is 3.05. The highest BCUT2D eigenvalue weighted by Gasteiger charge is 2.16. The fraction of sp³-hybridized carbons (Fsp3) is 0.462. The first-order valence-corrected chi connectivity index (χ1v) is 6.47. The summed E-state index contributed by atoms with van der Waals surface area (Å²) in [5, 5.41) is 0. The summed E-state index contributed by atoms with van der Waals surface area (Å²) in [6, 6.07) is 5.15. The van der Waals surface area contributed by atoms with Crippen molar-refractivity contribution in [3.63, 3.8) is 0 Å². The van der Waals surface area contributed by atoms with Crippen LogP contribution in [0.15, 0.2) is 18.2 Å². The molecule has 1 aromatic carbocycles. The lowest BCUT2D eigenvalue weighted by Gasteiger charge is -2.18. The van der Waals surface area contributed by atoms with Crippen LogP contribution in [0.3, 0.4) is 0 Å². The van der Waals surface area contributed by atoms with Crippen LogP contribution in [0.5, 0.6) is 0 Å². The van der Waals surface area contributed by atoms with Crippen molar-refractivity contribution in [2.75, 3.05) is 13.7 Å². The highest BCUT2D eigenvalue weighted by molar-refractivity contribution is 7.71. The van der Waals surface area contributed by atoms with Crippen LogP contribution in [0, 0.1) is 10.6 Å². The molecule has 1 heterocycles. The van der Waals surface area contributed by atoms with Crippen LogP contribution < -0.4 is 0 Å². The fourth-order valence-electron chi connectivity index (χ4n) is 2.29. The Hall–Kier alpha value is -1.20. The molecular weight excluding hydrogens is 251 g/mol. The average Bonchev–Trinajstić information content (AvgIpc) is 2.67. The molecule has 0 aliphatic heterocycles. The first kappa shape index (κ1) is 13.2. The van der Waals surface area contributed by atoms with Gasteiger partial charge in [0.1, 0.15) is 11.3 Å². The van der Waals surface area contributed by atoms with Gasteiger partial charge in [-0.2, -0.15) is 0 Å². The number of fused-ring (bicyclic) bond motifs is 1. The van der Waals surface area contributed by atoms with Gasteiger partial charge in [0.15, 0.2) is 4.77 Å². The average molecular weight is 268 g/mol. The number of nitrogens with zero attached hydrogens (tertiary/aromatic N) is 1. The molecule has 5 heteroatoms. The Balaban J connectivity index is 2.58. The summed E-state index contributed by atoms with van der Waals surface area (Å²) in [6.45, 7) is 2.69. The number of hydrogen-bond donors (Lipinski definition) is 1.